The summed E-state index contributed by atoms with van der Waals surface area (Å²) in [5.74, 6) is 0.564. The lowest BCUT2D eigenvalue weighted by atomic mass is 10.2. The molecule has 0 fully saturated rings. The van der Waals surface area contributed by atoms with Crippen LogP contribution in [-0.4, -0.2) is 29.9 Å². The highest BCUT2D eigenvalue weighted by Crippen LogP contribution is 2.31. The molecule has 1 amide bonds. The molecule has 5 heteroatoms. The van der Waals surface area contributed by atoms with Gasteiger partial charge in [0.25, 0.3) is 0 Å². The van der Waals surface area contributed by atoms with Crippen LogP contribution in [0.3, 0.4) is 0 Å². The minimum absolute atomic E-state index is 0.0629. The minimum atomic E-state index is 0.0629. The molecule has 0 saturated carbocycles. The molecular weight excluding hydrogens is 236 g/mol. The lowest BCUT2D eigenvalue weighted by Crippen LogP contribution is -2.20. The Labute approximate surface area is 105 Å². The van der Waals surface area contributed by atoms with Crippen molar-refractivity contribution in [1.82, 2.24) is 5.32 Å². The topological polar surface area (TPSA) is 61.4 Å². The van der Waals surface area contributed by atoms with Crippen LogP contribution in [0.15, 0.2) is 23.1 Å². The molecule has 1 aromatic rings. The number of aliphatic hydroxyl groups is 1. The monoisotopic (exact) mass is 252 g/mol. The zero-order chi connectivity index (χ0) is 12.1. The van der Waals surface area contributed by atoms with Gasteiger partial charge in [-0.2, -0.15) is 0 Å². The summed E-state index contributed by atoms with van der Waals surface area (Å²) in [6, 6.07) is 6.11. The average Bonchev–Trinajstić information content (AvgIpc) is 2.34. The lowest BCUT2D eigenvalue weighted by molar-refractivity contribution is -0.113. The van der Waals surface area contributed by atoms with Crippen LogP contribution in [0.25, 0.3) is 0 Å². The van der Waals surface area contributed by atoms with E-state index in [0.717, 1.165) is 35.7 Å². The van der Waals surface area contributed by atoms with Crippen molar-refractivity contribution in [3.63, 3.8) is 0 Å². The molecular formula is C12H16N2O2S. The summed E-state index contributed by atoms with van der Waals surface area (Å²) in [6.07, 6.45) is 0.761. The molecule has 1 aliphatic heterocycles. The first-order valence-corrected chi connectivity index (χ1v) is 6.65. The number of nitrogens with one attached hydrogen (secondary N) is 2. The summed E-state index contributed by atoms with van der Waals surface area (Å²) < 4.78 is 0. The number of benzene rings is 1. The zero-order valence-corrected chi connectivity index (χ0v) is 10.3. The second-order valence-corrected chi connectivity index (χ2v) is 4.94. The fourth-order valence-electron chi connectivity index (χ4n) is 1.68. The molecule has 3 N–H and O–H groups in total. The van der Waals surface area contributed by atoms with Crippen LogP contribution in [0.2, 0.25) is 0 Å². The second-order valence-electron chi connectivity index (χ2n) is 3.92. The third-order valence-corrected chi connectivity index (χ3v) is 3.59. The molecule has 0 spiro atoms. The summed E-state index contributed by atoms with van der Waals surface area (Å²) in [4.78, 5) is 12.4. The van der Waals surface area contributed by atoms with E-state index in [4.69, 9.17) is 5.11 Å². The summed E-state index contributed by atoms with van der Waals surface area (Å²) in [5, 5.41) is 14.8. The number of amides is 1. The number of hydrogen-bond donors (Lipinski definition) is 3. The van der Waals surface area contributed by atoms with E-state index in [1.165, 1.54) is 0 Å². The largest absolute Gasteiger partial charge is 0.396 e. The zero-order valence-electron chi connectivity index (χ0n) is 9.53. The molecule has 0 radical (unpaired) electrons. The molecule has 0 saturated heterocycles. The van der Waals surface area contributed by atoms with Crippen molar-refractivity contribution in [3.8, 4) is 0 Å². The van der Waals surface area contributed by atoms with E-state index in [1.807, 2.05) is 12.1 Å². The predicted octanol–water partition coefficient (Wildman–Crippen LogP) is 1.20. The molecule has 0 unspecified atom stereocenters. The van der Waals surface area contributed by atoms with Gasteiger partial charge in [-0.3, -0.25) is 4.79 Å². The summed E-state index contributed by atoms with van der Waals surface area (Å²) >= 11 is 1.57. The van der Waals surface area contributed by atoms with Crippen molar-refractivity contribution in [1.29, 1.82) is 0 Å². The van der Waals surface area contributed by atoms with E-state index in [-0.39, 0.29) is 12.5 Å². The first-order valence-electron chi connectivity index (χ1n) is 5.67. The number of hydrogen-bond acceptors (Lipinski definition) is 4. The minimum Gasteiger partial charge on any atom is -0.396 e. The van der Waals surface area contributed by atoms with Crippen molar-refractivity contribution in [3.05, 3.63) is 23.8 Å². The standard InChI is InChI=1S/C12H16N2O2S/c15-5-1-4-13-7-9-2-3-11-10(6-9)14-12(16)8-17-11/h2-3,6,13,15H,1,4-5,7-8H2,(H,14,16). The molecule has 0 aliphatic carbocycles. The Morgan fingerprint density at radius 2 is 2.35 bits per heavy atom. The van der Waals surface area contributed by atoms with Gasteiger partial charge in [-0.25, -0.2) is 0 Å². The number of anilines is 1. The smallest absolute Gasteiger partial charge is 0.234 e. The number of thioether (sulfide) groups is 1. The third kappa shape index (κ3) is 3.46. The van der Waals surface area contributed by atoms with Gasteiger partial charge in [0.15, 0.2) is 0 Å². The highest BCUT2D eigenvalue weighted by Gasteiger charge is 2.14. The first-order chi connectivity index (χ1) is 8.29. The van der Waals surface area contributed by atoms with Gasteiger partial charge >= 0.3 is 0 Å². The highest BCUT2D eigenvalue weighted by atomic mass is 32.2. The van der Waals surface area contributed by atoms with Gasteiger partial charge in [0, 0.05) is 18.0 Å². The molecule has 0 aromatic heterocycles. The van der Waals surface area contributed by atoms with E-state index < -0.39 is 0 Å². The van der Waals surface area contributed by atoms with Gasteiger partial charge in [-0.1, -0.05) is 6.07 Å². The molecule has 1 aliphatic rings. The van der Waals surface area contributed by atoms with Gasteiger partial charge in [0.2, 0.25) is 5.91 Å². The van der Waals surface area contributed by atoms with Crippen molar-refractivity contribution in [2.45, 2.75) is 17.9 Å². The van der Waals surface area contributed by atoms with Gasteiger partial charge in [0.1, 0.15) is 0 Å². The first kappa shape index (κ1) is 12.4. The number of carbonyl (C=O) groups excluding carboxylic acids is 1. The highest BCUT2D eigenvalue weighted by molar-refractivity contribution is 8.00. The van der Waals surface area contributed by atoms with Gasteiger partial charge in [0.05, 0.1) is 11.4 Å². The van der Waals surface area contributed by atoms with Crippen molar-refractivity contribution >= 4 is 23.4 Å². The number of carbonyl (C=O) groups is 1. The Hall–Kier alpha value is -1.04. The van der Waals surface area contributed by atoms with Crippen molar-refractivity contribution < 1.29 is 9.90 Å². The normalized spacial score (nSPS) is 14.3. The van der Waals surface area contributed by atoms with Crippen LogP contribution in [0, 0.1) is 0 Å². The molecule has 1 aromatic carbocycles. The van der Waals surface area contributed by atoms with E-state index in [9.17, 15) is 4.79 Å². The predicted molar refractivity (Wildman–Crippen MR) is 69.2 cm³/mol. The van der Waals surface area contributed by atoms with Crippen LogP contribution in [0.1, 0.15) is 12.0 Å². The maximum absolute atomic E-state index is 11.3. The number of rotatable bonds is 5. The number of fused-ring (bicyclic) bond motifs is 1. The van der Waals surface area contributed by atoms with Crippen LogP contribution >= 0.6 is 11.8 Å². The van der Waals surface area contributed by atoms with Gasteiger partial charge in [-0.15, -0.1) is 11.8 Å². The SMILES string of the molecule is O=C1CSc2ccc(CNCCCO)cc2N1. The number of aliphatic hydroxyl groups excluding tert-OH is 1. The summed E-state index contributed by atoms with van der Waals surface area (Å²) in [5.41, 5.74) is 2.05. The third-order valence-electron chi connectivity index (χ3n) is 2.52. The fourth-order valence-corrected chi connectivity index (χ4v) is 2.47. The maximum Gasteiger partial charge on any atom is 0.234 e. The van der Waals surface area contributed by atoms with E-state index >= 15 is 0 Å². The maximum atomic E-state index is 11.3. The van der Waals surface area contributed by atoms with Crippen LogP contribution in [0.5, 0.6) is 0 Å². The van der Waals surface area contributed by atoms with E-state index in [2.05, 4.69) is 16.7 Å². The second kappa shape index (κ2) is 6.05. The summed E-state index contributed by atoms with van der Waals surface area (Å²) in [6.45, 7) is 1.77. The quantitative estimate of drug-likeness (QED) is 0.689. The van der Waals surface area contributed by atoms with E-state index in [0.29, 0.717) is 5.75 Å². The molecule has 17 heavy (non-hydrogen) atoms. The molecule has 92 valence electrons. The Morgan fingerprint density at radius 1 is 1.47 bits per heavy atom. The average molecular weight is 252 g/mol. The van der Waals surface area contributed by atoms with E-state index in [1.54, 1.807) is 11.8 Å². The summed E-state index contributed by atoms with van der Waals surface area (Å²) in [7, 11) is 0. The molecule has 0 bridgehead atoms. The molecule has 0 atom stereocenters. The van der Waals surface area contributed by atoms with Crippen LogP contribution in [0.4, 0.5) is 5.69 Å². The molecule has 1 heterocycles. The Balaban J connectivity index is 1.95. The lowest BCUT2D eigenvalue weighted by Gasteiger charge is -2.17. The van der Waals surface area contributed by atoms with Crippen molar-refractivity contribution in [2.75, 3.05) is 24.2 Å². The van der Waals surface area contributed by atoms with Gasteiger partial charge in [-0.05, 0) is 30.7 Å². The Bertz CT molecular complexity index is 409. The Morgan fingerprint density at radius 3 is 3.18 bits per heavy atom. The fraction of sp³-hybridized carbons (Fsp3) is 0.417. The van der Waals surface area contributed by atoms with Gasteiger partial charge < -0.3 is 15.7 Å². The molecule has 4 nitrogen and oxygen atoms in total. The Kier molecular flexibility index (Phi) is 4.42. The van der Waals surface area contributed by atoms with Crippen LogP contribution in [-0.2, 0) is 11.3 Å². The van der Waals surface area contributed by atoms with Crippen molar-refractivity contribution in [2.24, 2.45) is 0 Å². The van der Waals surface area contributed by atoms with Crippen LogP contribution < -0.4 is 10.6 Å². The molecule has 2 rings (SSSR count).